The summed E-state index contributed by atoms with van der Waals surface area (Å²) in [7, 11) is 0. The van der Waals surface area contributed by atoms with Crippen molar-refractivity contribution in [3.05, 3.63) is 112 Å². The van der Waals surface area contributed by atoms with Crippen LogP contribution in [0.3, 0.4) is 0 Å². The van der Waals surface area contributed by atoms with Crippen molar-refractivity contribution in [3.8, 4) is 0 Å². The molecule has 1 aliphatic carbocycles. The minimum absolute atomic E-state index is 0.277. The van der Waals surface area contributed by atoms with Crippen LogP contribution in [0.4, 0.5) is 0 Å². The minimum atomic E-state index is -6.32. The van der Waals surface area contributed by atoms with Gasteiger partial charge in [0.2, 0.25) is 0 Å². The van der Waals surface area contributed by atoms with E-state index in [1.165, 1.54) is 20.6 Å². The van der Waals surface area contributed by atoms with Crippen LogP contribution in [0.15, 0.2) is 112 Å². The van der Waals surface area contributed by atoms with Crippen LogP contribution in [0.5, 0.6) is 0 Å². The second kappa shape index (κ2) is 6.96. The Kier molecular flexibility index (Phi) is 5.06. The maximum atomic E-state index is 13.6. The van der Waals surface area contributed by atoms with Gasteiger partial charge in [0.25, 0.3) is 0 Å². The molecular weight excluding hydrogens is 464 g/mol. The molecule has 0 fully saturated rings. The fourth-order valence-electron chi connectivity index (χ4n) is 8.55. The van der Waals surface area contributed by atoms with Gasteiger partial charge in [0, 0.05) is 0 Å². The molecule has 0 spiro atoms. The summed E-state index contributed by atoms with van der Waals surface area (Å²) in [6.45, 7) is 12.8. The third-order valence-electron chi connectivity index (χ3n) is 10.3. The molecule has 0 bridgehead atoms. The monoisotopic (exact) mass is 503 g/mol. The molecular formula is C32H39O2Ti. The third-order valence-corrected chi connectivity index (χ3v) is 28.8. The Morgan fingerprint density at radius 2 is 1.00 bits per heavy atom. The number of carbonyl (C=O) groups excluding carboxylic acids is 1. The molecule has 2 nitrogen and oxygen atoms in total. The van der Waals surface area contributed by atoms with E-state index in [0.29, 0.717) is 0 Å². The zero-order chi connectivity index (χ0) is 25.8. The number of carbonyl (C=O) groups is 1. The van der Waals surface area contributed by atoms with Crippen molar-refractivity contribution in [3.63, 3.8) is 0 Å². The van der Waals surface area contributed by atoms with Crippen LogP contribution < -0.4 is 11.6 Å². The Morgan fingerprint density at radius 1 is 0.657 bits per heavy atom. The molecule has 0 atom stereocenters. The molecule has 0 amide bonds. The first kappa shape index (κ1) is 25.4. The Labute approximate surface area is 207 Å². The van der Waals surface area contributed by atoms with E-state index in [9.17, 15) is 4.79 Å². The van der Waals surface area contributed by atoms with Crippen LogP contribution in [0, 0.1) is 5.41 Å². The maximum absolute atomic E-state index is 13.6. The van der Waals surface area contributed by atoms with Gasteiger partial charge in [0.1, 0.15) is 0 Å². The molecule has 0 saturated heterocycles. The molecule has 0 aromatic heterocycles. The van der Waals surface area contributed by atoms with E-state index in [2.05, 4.69) is 118 Å². The predicted octanol–water partition coefficient (Wildman–Crippen LogP) is 6.95. The molecule has 0 N–H and O–H groups in total. The first-order chi connectivity index (χ1) is 16.2. The van der Waals surface area contributed by atoms with Gasteiger partial charge in [-0.2, -0.15) is 0 Å². The second-order valence-corrected chi connectivity index (χ2v) is 29.1. The zero-order valence-electron chi connectivity index (χ0n) is 22.5. The molecule has 0 saturated carbocycles. The molecule has 3 aromatic rings. The standard InChI is InChI=1S/C10H15.3C6H5.C2H4O2.2CH3.Ti/c1-7-6-10(4,5)9(3)8(7)2;3*1-2-4-6-5-3-1;1-2(3)4;;;/h1-5H3;3*1-5H;1H3,(H,3,4);2*1H3;/q;;;;;;;+1/p-1. The van der Waals surface area contributed by atoms with Gasteiger partial charge >= 0.3 is 208 Å². The number of hydrogen-bond acceptors (Lipinski definition) is 2. The predicted molar refractivity (Wildman–Crippen MR) is 147 cm³/mol. The molecule has 4 rings (SSSR count). The van der Waals surface area contributed by atoms with Crippen LogP contribution in [-0.2, 0) is 21.2 Å². The van der Waals surface area contributed by atoms with Gasteiger partial charge in [-0.05, 0) is 0 Å². The van der Waals surface area contributed by atoms with Crippen molar-refractivity contribution in [1.29, 1.82) is 0 Å². The quantitative estimate of drug-likeness (QED) is 0.352. The van der Waals surface area contributed by atoms with Gasteiger partial charge in [-0.1, -0.05) is 0 Å². The zero-order valence-corrected chi connectivity index (χ0v) is 24.0. The molecule has 183 valence electrons. The van der Waals surface area contributed by atoms with Crippen molar-refractivity contribution in [2.45, 2.75) is 52.0 Å². The average Bonchev–Trinajstić information content (AvgIpc) is 3.00. The number of allylic oxidation sites excluding steroid dienone is 4. The fraction of sp³-hybridized carbons (Fsp3) is 0.281. The van der Waals surface area contributed by atoms with Crippen LogP contribution in [-0.4, -0.2) is 5.97 Å². The Hall–Kier alpha value is -2.68. The Morgan fingerprint density at radius 3 is 1.26 bits per heavy atom. The van der Waals surface area contributed by atoms with E-state index in [4.69, 9.17) is 3.32 Å². The van der Waals surface area contributed by atoms with Crippen molar-refractivity contribution < 1.29 is 21.2 Å². The molecule has 35 heavy (non-hydrogen) atoms. The second-order valence-electron chi connectivity index (χ2n) is 12.6. The number of benzene rings is 3. The van der Waals surface area contributed by atoms with Gasteiger partial charge in [-0.15, -0.1) is 0 Å². The SMILES string of the molecule is CC(=O)[O][Ti]([CH3])([CH3])([C]1=C(C)C(C)=C(C)C1(C)C)([c]1ccccc1)([c]1ccccc1)[c]1ccccc1. The molecule has 0 radical (unpaired) electrons. The Balaban J connectivity index is 2.57. The average molecular weight is 504 g/mol. The van der Waals surface area contributed by atoms with E-state index in [1.807, 2.05) is 18.2 Å². The van der Waals surface area contributed by atoms with E-state index < -0.39 is 13.1 Å². The van der Waals surface area contributed by atoms with Crippen LogP contribution >= 0.6 is 0 Å². The summed E-state index contributed by atoms with van der Waals surface area (Å²) in [5.41, 5.74) is 3.44. The van der Waals surface area contributed by atoms with E-state index in [-0.39, 0.29) is 11.4 Å². The first-order valence-corrected chi connectivity index (χ1v) is 19.5. The summed E-state index contributed by atoms with van der Waals surface area (Å²) in [4.78, 5) is 13.6. The normalized spacial score (nSPS) is 18.9. The van der Waals surface area contributed by atoms with Gasteiger partial charge in [-0.3, -0.25) is 0 Å². The van der Waals surface area contributed by atoms with Crippen molar-refractivity contribution in [2.24, 2.45) is 5.41 Å². The molecule has 0 heterocycles. The van der Waals surface area contributed by atoms with Gasteiger partial charge < -0.3 is 0 Å². The number of hydrogen-bond donors (Lipinski definition) is 0. The summed E-state index contributed by atoms with van der Waals surface area (Å²) in [5.74, 6) is -0.277. The van der Waals surface area contributed by atoms with Crippen LogP contribution in [0.1, 0.15) is 41.5 Å². The summed E-state index contributed by atoms with van der Waals surface area (Å²) >= 11 is -6.32. The van der Waals surface area contributed by atoms with Crippen molar-refractivity contribution in [2.75, 3.05) is 0 Å². The van der Waals surface area contributed by atoms with E-state index in [1.54, 1.807) is 6.92 Å². The molecule has 3 aromatic carbocycles. The fourth-order valence-corrected chi connectivity index (χ4v) is 27.7. The topological polar surface area (TPSA) is 26.3 Å². The van der Waals surface area contributed by atoms with Crippen molar-refractivity contribution >= 4 is 17.6 Å². The van der Waals surface area contributed by atoms with E-state index >= 15 is 0 Å². The summed E-state index contributed by atoms with van der Waals surface area (Å²) < 4.78 is 11.8. The molecule has 0 unspecified atom stereocenters. The summed E-state index contributed by atoms with van der Waals surface area (Å²) in [6.07, 6.45) is 0. The first-order valence-electron chi connectivity index (χ1n) is 12.6. The van der Waals surface area contributed by atoms with Gasteiger partial charge in [0.05, 0.1) is 0 Å². The van der Waals surface area contributed by atoms with E-state index in [0.717, 1.165) is 11.6 Å². The van der Waals surface area contributed by atoms with Crippen LogP contribution in [0.25, 0.3) is 0 Å². The van der Waals surface area contributed by atoms with Gasteiger partial charge in [-0.25, -0.2) is 0 Å². The third kappa shape index (κ3) is 2.62. The molecule has 3 heteroatoms. The number of rotatable bonds is 5. The van der Waals surface area contributed by atoms with Crippen molar-refractivity contribution in [1.82, 2.24) is 0 Å². The molecule has 1 aliphatic rings. The van der Waals surface area contributed by atoms with Crippen LogP contribution in [0.2, 0.25) is 10.5 Å². The summed E-state index contributed by atoms with van der Waals surface area (Å²) in [6, 6.07) is 31.6. The van der Waals surface area contributed by atoms with Gasteiger partial charge in [0.15, 0.2) is 0 Å². The molecule has 0 aliphatic heterocycles. The summed E-state index contributed by atoms with van der Waals surface area (Å²) in [5, 5.41) is 4.65. The Bertz CT molecular complexity index is 1310.